The molecule has 2 nitrogen and oxygen atoms in total. The van der Waals surface area contributed by atoms with Crippen LogP contribution >= 0.6 is 0 Å². The molecular formula is C16H28N2. The van der Waals surface area contributed by atoms with Gasteiger partial charge in [0, 0.05) is 12.6 Å². The Kier molecular flexibility index (Phi) is 6.37. The van der Waals surface area contributed by atoms with Crippen LogP contribution in [0, 0.1) is 12.8 Å². The zero-order valence-electron chi connectivity index (χ0n) is 12.5. The number of hydrogen-bond donors (Lipinski definition) is 1. The van der Waals surface area contributed by atoms with Gasteiger partial charge in [0.15, 0.2) is 0 Å². The lowest BCUT2D eigenvalue weighted by atomic mass is 10.0. The fourth-order valence-electron chi connectivity index (χ4n) is 2.43. The number of nitrogens with zero attached hydrogens (tertiary/aromatic N) is 1. The van der Waals surface area contributed by atoms with Gasteiger partial charge in [-0.2, -0.15) is 0 Å². The van der Waals surface area contributed by atoms with Crippen LogP contribution in [0.1, 0.15) is 37.4 Å². The third-order valence-corrected chi connectivity index (χ3v) is 3.27. The summed E-state index contributed by atoms with van der Waals surface area (Å²) in [6, 6.07) is 9.26. The van der Waals surface area contributed by atoms with Gasteiger partial charge in [-0.1, -0.05) is 43.7 Å². The normalized spacial score (nSPS) is 13.3. The molecule has 0 amide bonds. The molecule has 1 rings (SSSR count). The molecule has 18 heavy (non-hydrogen) atoms. The van der Waals surface area contributed by atoms with Crippen molar-refractivity contribution < 1.29 is 0 Å². The van der Waals surface area contributed by atoms with Crippen LogP contribution in [0.5, 0.6) is 0 Å². The van der Waals surface area contributed by atoms with E-state index in [0.717, 1.165) is 18.9 Å². The Morgan fingerprint density at radius 3 is 2.56 bits per heavy atom. The molecule has 0 spiro atoms. The van der Waals surface area contributed by atoms with Gasteiger partial charge in [0.05, 0.1) is 0 Å². The molecule has 0 saturated heterocycles. The van der Waals surface area contributed by atoms with Gasteiger partial charge in [-0.25, -0.2) is 0 Å². The molecule has 0 aliphatic heterocycles. The van der Waals surface area contributed by atoms with Crippen molar-refractivity contribution in [2.45, 2.75) is 33.2 Å². The lowest BCUT2D eigenvalue weighted by Crippen LogP contribution is -2.28. The summed E-state index contributed by atoms with van der Waals surface area (Å²) in [5, 5.41) is 3.43. The van der Waals surface area contributed by atoms with Crippen molar-refractivity contribution in [3.63, 3.8) is 0 Å². The molecule has 0 bridgehead atoms. The predicted octanol–water partition coefficient (Wildman–Crippen LogP) is 3.23. The SMILES string of the molecule is CNC(CCN(C)CC(C)C)c1cccc(C)c1. The Bertz CT molecular complexity index is 347. The molecular weight excluding hydrogens is 220 g/mol. The average molecular weight is 248 g/mol. The minimum atomic E-state index is 0.458. The number of rotatable bonds is 7. The predicted molar refractivity (Wildman–Crippen MR) is 79.9 cm³/mol. The van der Waals surface area contributed by atoms with Crippen LogP contribution in [0.2, 0.25) is 0 Å². The maximum atomic E-state index is 3.43. The molecule has 1 atom stereocenters. The smallest absolute Gasteiger partial charge is 0.0329 e. The Morgan fingerprint density at radius 1 is 1.28 bits per heavy atom. The zero-order chi connectivity index (χ0) is 13.5. The van der Waals surface area contributed by atoms with E-state index >= 15 is 0 Å². The van der Waals surface area contributed by atoms with Gasteiger partial charge in [-0.15, -0.1) is 0 Å². The Balaban J connectivity index is 2.52. The van der Waals surface area contributed by atoms with Gasteiger partial charge in [0.1, 0.15) is 0 Å². The lowest BCUT2D eigenvalue weighted by Gasteiger charge is -2.23. The molecule has 0 heterocycles. The van der Waals surface area contributed by atoms with Crippen LogP contribution in [-0.2, 0) is 0 Å². The van der Waals surface area contributed by atoms with E-state index in [4.69, 9.17) is 0 Å². The van der Waals surface area contributed by atoms with Crippen molar-refractivity contribution in [3.8, 4) is 0 Å². The van der Waals surface area contributed by atoms with Gasteiger partial charge in [-0.3, -0.25) is 0 Å². The van der Waals surface area contributed by atoms with E-state index < -0.39 is 0 Å². The molecule has 0 aliphatic rings. The summed E-state index contributed by atoms with van der Waals surface area (Å²) in [5.74, 6) is 0.738. The minimum absolute atomic E-state index is 0.458. The van der Waals surface area contributed by atoms with E-state index in [-0.39, 0.29) is 0 Å². The minimum Gasteiger partial charge on any atom is -0.313 e. The van der Waals surface area contributed by atoms with E-state index in [2.05, 4.69) is 69.3 Å². The van der Waals surface area contributed by atoms with Crippen LogP contribution in [-0.4, -0.2) is 32.1 Å². The monoisotopic (exact) mass is 248 g/mol. The number of aryl methyl sites for hydroxylation is 1. The highest BCUT2D eigenvalue weighted by atomic mass is 15.1. The molecule has 1 aromatic rings. The number of nitrogens with one attached hydrogen (secondary N) is 1. The zero-order valence-corrected chi connectivity index (χ0v) is 12.5. The average Bonchev–Trinajstić information content (AvgIpc) is 2.29. The molecule has 0 saturated carbocycles. The van der Waals surface area contributed by atoms with Gasteiger partial charge in [0.2, 0.25) is 0 Å². The highest BCUT2D eigenvalue weighted by molar-refractivity contribution is 5.25. The molecule has 2 heteroatoms. The van der Waals surface area contributed by atoms with Gasteiger partial charge in [0.25, 0.3) is 0 Å². The topological polar surface area (TPSA) is 15.3 Å². The van der Waals surface area contributed by atoms with E-state index in [1.165, 1.54) is 17.7 Å². The van der Waals surface area contributed by atoms with E-state index in [1.807, 2.05) is 0 Å². The van der Waals surface area contributed by atoms with E-state index in [9.17, 15) is 0 Å². The molecule has 1 unspecified atom stereocenters. The lowest BCUT2D eigenvalue weighted by molar-refractivity contribution is 0.279. The second kappa shape index (κ2) is 7.55. The first kappa shape index (κ1) is 15.2. The molecule has 1 aromatic carbocycles. The second-order valence-corrected chi connectivity index (χ2v) is 5.70. The summed E-state index contributed by atoms with van der Waals surface area (Å²) < 4.78 is 0. The largest absolute Gasteiger partial charge is 0.313 e. The maximum Gasteiger partial charge on any atom is 0.0329 e. The van der Waals surface area contributed by atoms with Crippen molar-refractivity contribution in [1.82, 2.24) is 10.2 Å². The van der Waals surface area contributed by atoms with Gasteiger partial charge < -0.3 is 10.2 Å². The van der Waals surface area contributed by atoms with Crippen LogP contribution in [0.4, 0.5) is 0 Å². The van der Waals surface area contributed by atoms with Crippen LogP contribution in [0.15, 0.2) is 24.3 Å². The molecule has 0 aromatic heterocycles. The quantitative estimate of drug-likeness (QED) is 0.797. The highest BCUT2D eigenvalue weighted by Crippen LogP contribution is 2.18. The maximum absolute atomic E-state index is 3.43. The summed E-state index contributed by atoms with van der Waals surface area (Å²) in [7, 11) is 4.26. The standard InChI is InChI=1S/C16H28N2/c1-13(2)12-18(5)10-9-16(17-4)15-8-6-7-14(3)11-15/h6-8,11,13,16-17H,9-10,12H2,1-5H3. The summed E-state index contributed by atoms with van der Waals surface area (Å²) >= 11 is 0. The first-order chi connectivity index (χ1) is 8.52. The van der Waals surface area contributed by atoms with Gasteiger partial charge >= 0.3 is 0 Å². The van der Waals surface area contributed by atoms with Crippen molar-refractivity contribution in [2.24, 2.45) is 5.92 Å². The van der Waals surface area contributed by atoms with E-state index in [0.29, 0.717) is 6.04 Å². The Hall–Kier alpha value is -0.860. The van der Waals surface area contributed by atoms with Crippen molar-refractivity contribution >= 4 is 0 Å². The summed E-state index contributed by atoms with van der Waals surface area (Å²) in [6.45, 7) is 9.00. The Morgan fingerprint density at radius 2 is 2.00 bits per heavy atom. The number of hydrogen-bond acceptors (Lipinski definition) is 2. The summed E-state index contributed by atoms with van der Waals surface area (Å²) in [5.41, 5.74) is 2.73. The van der Waals surface area contributed by atoms with Gasteiger partial charge in [-0.05, 0) is 45.5 Å². The Labute approximate surface area is 112 Å². The highest BCUT2D eigenvalue weighted by Gasteiger charge is 2.10. The van der Waals surface area contributed by atoms with Crippen LogP contribution < -0.4 is 5.32 Å². The van der Waals surface area contributed by atoms with Crippen LogP contribution in [0.3, 0.4) is 0 Å². The van der Waals surface area contributed by atoms with E-state index in [1.54, 1.807) is 0 Å². The first-order valence-electron chi connectivity index (χ1n) is 6.95. The van der Waals surface area contributed by atoms with Crippen molar-refractivity contribution in [1.29, 1.82) is 0 Å². The molecule has 102 valence electrons. The van der Waals surface area contributed by atoms with Crippen LogP contribution in [0.25, 0.3) is 0 Å². The first-order valence-corrected chi connectivity index (χ1v) is 6.95. The third kappa shape index (κ3) is 5.19. The second-order valence-electron chi connectivity index (χ2n) is 5.70. The fourth-order valence-corrected chi connectivity index (χ4v) is 2.43. The molecule has 0 radical (unpaired) electrons. The molecule has 1 N–H and O–H groups in total. The molecule has 0 aliphatic carbocycles. The third-order valence-electron chi connectivity index (χ3n) is 3.27. The molecule has 0 fully saturated rings. The summed E-state index contributed by atoms with van der Waals surface area (Å²) in [4.78, 5) is 2.42. The van der Waals surface area contributed by atoms with Crippen molar-refractivity contribution in [3.05, 3.63) is 35.4 Å². The fraction of sp³-hybridized carbons (Fsp3) is 0.625. The summed E-state index contributed by atoms with van der Waals surface area (Å²) in [6.07, 6.45) is 1.16. The van der Waals surface area contributed by atoms with Crippen molar-refractivity contribution in [2.75, 3.05) is 27.2 Å². The number of benzene rings is 1.